The lowest BCUT2D eigenvalue weighted by atomic mass is 10.1. The molecule has 0 bridgehead atoms. The normalized spacial score (nSPS) is 15.3. The molecule has 3 aromatic heterocycles. The molecule has 1 aliphatic rings. The molecular formula is C26H20ClFN8O3. The van der Waals surface area contributed by atoms with Crippen molar-refractivity contribution in [2.75, 3.05) is 16.8 Å². The number of hydrogen-bond acceptors (Lipinski definition) is 6. The molecule has 1 atom stereocenters. The highest BCUT2D eigenvalue weighted by Crippen LogP contribution is 2.27. The van der Waals surface area contributed by atoms with Crippen molar-refractivity contribution in [2.24, 2.45) is 5.92 Å². The predicted octanol–water partition coefficient (Wildman–Crippen LogP) is 3.39. The summed E-state index contributed by atoms with van der Waals surface area (Å²) in [5.74, 6) is -1.25. The van der Waals surface area contributed by atoms with Crippen LogP contribution in [0.2, 0.25) is 5.02 Å². The zero-order valence-corrected chi connectivity index (χ0v) is 21.2. The van der Waals surface area contributed by atoms with E-state index in [4.69, 9.17) is 11.6 Å². The van der Waals surface area contributed by atoms with Crippen molar-refractivity contribution in [3.8, 4) is 11.6 Å². The van der Waals surface area contributed by atoms with Gasteiger partial charge in [0.1, 0.15) is 17.0 Å². The van der Waals surface area contributed by atoms with Gasteiger partial charge >= 0.3 is 0 Å². The van der Waals surface area contributed by atoms with Crippen molar-refractivity contribution in [3.63, 3.8) is 0 Å². The maximum atomic E-state index is 13.4. The van der Waals surface area contributed by atoms with Gasteiger partial charge < -0.3 is 10.2 Å². The van der Waals surface area contributed by atoms with Crippen LogP contribution in [0.1, 0.15) is 12.1 Å². The van der Waals surface area contributed by atoms with Crippen molar-refractivity contribution in [1.82, 2.24) is 29.5 Å². The number of aromatic amines is 1. The number of nitrogens with zero attached hydrogens (tertiary/aromatic N) is 6. The van der Waals surface area contributed by atoms with Crippen molar-refractivity contribution in [1.29, 1.82) is 0 Å². The van der Waals surface area contributed by atoms with E-state index in [1.54, 1.807) is 42.2 Å². The molecule has 196 valence electrons. The summed E-state index contributed by atoms with van der Waals surface area (Å²) in [4.78, 5) is 47.5. The van der Waals surface area contributed by atoms with Gasteiger partial charge in [-0.2, -0.15) is 19.9 Å². The number of aromatic nitrogens is 6. The van der Waals surface area contributed by atoms with Crippen LogP contribution in [0.25, 0.3) is 22.7 Å². The van der Waals surface area contributed by atoms with Gasteiger partial charge in [-0.3, -0.25) is 19.4 Å². The Bertz CT molecular complexity index is 1790. The quantitative estimate of drug-likeness (QED) is 0.347. The van der Waals surface area contributed by atoms with Crippen molar-refractivity contribution < 1.29 is 14.0 Å². The van der Waals surface area contributed by atoms with E-state index in [9.17, 15) is 18.8 Å². The summed E-state index contributed by atoms with van der Waals surface area (Å²) in [5.41, 5.74) is 1.50. The number of amides is 2. The van der Waals surface area contributed by atoms with Crippen LogP contribution in [-0.2, 0) is 9.59 Å². The van der Waals surface area contributed by atoms with Crippen LogP contribution in [0.5, 0.6) is 0 Å². The van der Waals surface area contributed by atoms with Crippen LogP contribution in [0, 0.1) is 18.7 Å². The number of rotatable bonds is 5. The molecule has 1 fully saturated rings. The van der Waals surface area contributed by atoms with E-state index in [-0.39, 0.29) is 47.6 Å². The van der Waals surface area contributed by atoms with Crippen LogP contribution in [0.4, 0.5) is 15.9 Å². The molecule has 2 N–H and O–H groups in total. The van der Waals surface area contributed by atoms with E-state index in [2.05, 4.69) is 25.5 Å². The third-order valence-electron chi connectivity index (χ3n) is 6.41. The van der Waals surface area contributed by atoms with Gasteiger partial charge in [-0.25, -0.2) is 9.07 Å². The highest BCUT2D eigenvalue weighted by molar-refractivity contribution is 6.30. The molecule has 5 aromatic rings. The molecule has 0 spiro atoms. The van der Waals surface area contributed by atoms with Gasteiger partial charge in [0.2, 0.25) is 17.8 Å². The minimum absolute atomic E-state index is 0.0411. The van der Waals surface area contributed by atoms with Gasteiger partial charge in [0, 0.05) is 29.7 Å². The molecule has 11 nitrogen and oxygen atoms in total. The SMILES string of the molecule is Cc1cc(NC(=O)C2CC(=O)N(c3ccc(Cl)cc3)C2)n(-c2nc3c(cnn3-c3ccc(F)cc3)c(=O)[nH]2)n1. The summed E-state index contributed by atoms with van der Waals surface area (Å²) in [6, 6.07) is 14.1. The zero-order chi connectivity index (χ0) is 27.3. The number of carbonyl (C=O) groups excluding carboxylic acids is 2. The Morgan fingerprint density at radius 2 is 1.79 bits per heavy atom. The van der Waals surface area contributed by atoms with E-state index in [0.717, 1.165) is 0 Å². The Morgan fingerprint density at radius 3 is 2.54 bits per heavy atom. The number of fused-ring (bicyclic) bond motifs is 1. The molecule has 13 heteroatoms. The largest absolute Gasteiger partial charge is 0.312 e. The first-order chi connectivity index (χ1) is 18.8. The molecule has 0 saturated carbocycles. The summed E-state index contributed by atoms with van der Waals surface area (Å²) in [6.45, 7) is 1.93. The Morgan fingerprint density at radius 1 is 1.08 bits per heavy atom. The van der Waals surface area contributed by atoms with Crippen LogP contribution < -0.4 is 15.8 Å². The molecule has 1 saturated heterocycles. The van der Waals surface area contributed by atoms with Crippen LogP contribution >= 0.6 is 11.6 Å². The second-order valence-electron chi connectivity index (χ2n) is 9.11. The smallest absolute Gasteiger partial charge is 0.263 e. The highest BCUT2D eigenvalue weighted by atomic mass is 35.5. The third-order valence-corrected chi connectivity index (χ3v) is 6.67. The minimum Gasteiger partial charge on any atom is -0.312 e. The van der Waals surface area contributed by atoms with Gasteiger partial charge in [-0.05, 0) is 55.5 Å². The lowest BCUT2D eigenvalue weighted by Crippen LogP contribution is -2.28. The highest BCUT2D eigenvalue weighted by Gasteiger charge is 2.35. The lowest BCUT2D eigenvalue weighted by molar-refractivity contribution is -0.122. The summed E-state index contributed by atoms with van der Waals surface area (Å²) in [6.07, 6.45) is 1.41. The van der Waals surface area contributed by atoms with E-state index < -0.39 is 17.3 Å². The van der Waals surface area contributed by atoms with E-state index >= 15 is 0 Å². The number of aryl methyl sites for hydroxylation is 1. The average molecular weight is 547 g/mol. The fourth-order valence-electron chi connectivity index (χ4n) is 4.51. The molecule has 39 heavy (non-hydrogen) atoms. The molecule has 0 aliphatic carbocycles. The summed E-state index contributed by atoms with van der Waals surface area (Å²) in [5, 5.41) is 12.2. The van der Waals surface area contributed by atoms with Crippen molar-refractivity contribution in [2.45, 2.75) is 13.3 Å². The van der Waals surface area contributed by atoms with Gasteiger partial charge in [-0.15, -0.1) is 0 Å². The van der Waals surface area contributed by atoms with E-state index in [1.807, 2.05) is 0 Å². The number of nitrogens with one attached hydrogen (secondary N) is 2. The average Bonchev–Trinajstić information content (AvgIpc) is 3.62. The Balaban J connectivity index is 1.30. The first-order valence-electron chi connectivity index (χ1n) is 11.9. The van der Waals surface area contributed by atoms with Crippen LogP contribution in [-0.4, -0.2) is 47.9 Å². The lowest BCUT2D eigenvalue weighted by Gasteiger charge is -2.17. The second-order valence-corrected chi connectivity index (χ2v) is 9.55. The van der Waals surface area contributed by atoms with Gasteiger partial charge in [0.25, 0.3) is 5.56 Å². The summed E-state index contributed by atoms with van der Waals surface area (Å²) in [7, 11) is 0. The summed E-state index contributed by atoms with van der Waals surface area (Å²) >= 11 is 5.95. The predicted molar refractivity (Wildman–Crippen MR) is 142 cm³/mol. The minimum atomic E-state index is -0.605. The summed E-state index contributed by atoms with van der Waals surface area (Å²) < 4.78 is 16.1. The third kappa shape index (κ3) is 4.55. The fraction of sp³-hybridized carbons (Fsp3) is 0.154. The fourth-order valence-corrected chi connectivity index (χ4v) is 4.64. The van der Waals surface area contributed by atoms with Gasteiger partial charge in [0.05, 0.1) is 23.5 Å². The molecule has 6 rings (SSSR count). The molecule has 2 aromatic carbocycles. The first-order valence-corrected chi connectivity index (χ1v) is 12.3. The maximum absolute atomic E-state index is 13.4. The first kappa shape index (κ1) is 24.5. The Hall–Kier alpha value is -4.84. The van der Waals surface area contributed by atoms with Gasteiger partial charge in [0.15, 0.2) is 5.65 Å². The molecule has 1 aliphatic heterocycles. The maximum Gasteiger partial charge on any atom is 0.263 e. The number of hydrogen-bond donors (Lipinski definition) is 2. The van der Waals surface area contributed by atoms with Crippen LogP contribution in [0.3, 0.4) is 0 Å². The second kappa shape index (κ2) is 9.48. The van der Waals surface area contributed by atoms with Gasteiger partial charge in [-0.1, -0.05) is 11.6 Å². The number of benzene rings is 2. The van der Waals surface area contributed by atoms with Crippen LogP contribution in [0.15, 0.2) is 65.6 Å². The van der Waals surface area contributed by atoms with E-state index in [0.29, 0.717) is 22.1 Å². The Kier molecular flexibility index (Phi) is 5.95. The number of halogens is 2. The molecular weight excluding hydrogens is 527 g/mol. The number of anilines is 2. The molecule has 0 radical (unpaired) electrons. The number of H-pyrrole nitrogens is 1. The van der Waals surface area contributed by atoms with Crippen molar-refractivity contribution in [3.05, 3.63) is 87.7 Å². The topological polar surface area (TPSA) is 131 Å². The van der Waals surface area contributed by atoms with E-state index in [1.165, 1.54) is 39.8 Å². The molecule has 1 unspecified atom stereocenters. The zero-order valence-electron chi connectivity index (χ0n) is 20.4. The Labute approximate surface area is 224 Å². The monoisotopic (exact) mass is 546 g/mol. The number of carbonyl (C=O) groups is 2. The standard InChI is InChI=1S/C26H20ClFN8O3/c1-14-10-21(30-24(38)15-11-22(37)34(13-15)18-6-2-16(27)3-7-18)36(33-14)26-31-23-20(25(39)32-26)12-29-35(23)19-8-4-17(28)5-9-19/h2-10,12,15H,11,13H2,1H3,(H,30,38)(H,31,32,39). The van der Waals surface area contributed by atoms with Crippen molar-refractivity contribution >= 4 is 46.0 Å². The molecule has 2 amide bonds. The molecule has 4 heterocycles.